The second-order valence-corrected chi connectivity index (χ2v) is 6.28. The van der Waals surface area contributed by atoms with Crippen molar-refractivity contribution in [3.8, 4) is 0 Å². The molecule has 3 rings (SSSR count). The first kappa shape index (κ1) is 17.6. The summed E-state index contributed by atoms with van der Waals surface area (Å²) in [5.74, 6) is -0.240. The minimum absolute atomic E-state index is 0.240. The molecular weight excluding hydrogens is 338 g/mol. The molecule has 0 spiro atoms. The molecule has 0 atom stereocenters. The Morgan fingerprint density at radius 2 is 1.96 bits per heavy atom. The van der Waals surface area contributed by atoms with Crippen LogP contribution in [-0.4, -0.2) is 43.3 Å². The normalized spacial score (nSPS) is 15.4. The number of carbonyl (C=O) groups is 1. The van der Waals surface area contributed by atoms with Crippen LogP contribution in [0.1, 0.15) is 21.5 Å². The molecule has 0 radical (unpaired) electrons. The molecule has 1 aliphatic heterocycles. The molecule has 0 unspecified atom stereocenters. The summed E-state index contributed by atoms with van der Waals surface area (Å²) in [7, 11) is 0. The van der Waals surface area contributed by atoms with Gasteiger partial charge in [0.1, 0.15) is 0 Å². The third-order valence-electron chi connectivity index (χ3n) is 3.95. The summed E-state index contributed by atoms with van der Waals surface area (Å²) in [5.41, 5.74) is 5.11. The van der Waals surface area contributed by atoms with Gasteiger partial charge in [0.2, 0.25) is 0 Å². The van der Waals surface area contributed by atoms with Gasteiger partial charge >= 0.3 is 0 Å². The van der Waals surface area contributed by atoms with Crippen molar-refractivity contribution in [1.82, 2.24) is 10.3 Å². The largest absolute Gasteiger partial charge is 0.379 e. The molecule has 0 bridgehead atoms. The van der Waals surface area contributed by atoms with Crippen LogP contribution in [0.25, 0.3) is 0 Å². The van der Waals surface area contributed by atoms with Gasteiger partial charge in [-0.25, -0.2) is 5.43 Å². The van der Waals surface area contributed by atoms with E-state index in [0.29, 0.717) is 10.6 Å². The Balaban J connectivity index is 1.53. The van der Waals surface area contributed by atoms with Crippen LogP contribution < -0.4 is 5.43 Å². The van der Waals surface area contributed by atoms with E-state index in [2.05, 4.69) is 15.4 Å². The summed E-state index contributed by atoms with van der Waals surface area (Å²) < 4.78 is 5.35. The predicted octanol–water partition coefficient (Wildman–Crippen LogP) is 2.94. The van der Waals surface area contributed by atoms with E-state index in [1.807, 2.05) is 36.4 Å². The van der Waals surface area contributed by atoms with E-state index >= 15 is 0 Å². The van der Waals surface area contributed by atoms with Gasteiger partial charge in [0, 0.05) is 30.2 Å². The predicted molar refractivity (Wildman–Crippen MR) is 99.1 cm³/mol. The monoisotopic (exact) mass is 357 g/mol. The van der Waals surface area contributed by atoms with Crippen molar-refractivity contribution in [2.24, 2.45) is 5.10 Å². The first-order valence-electron chi connectivity index (χ1n) is 8.19. The van der Waals surface area contributed by atoms with E-state index in [4.69, 9.17) is 16.3 Å². The summed E-state index contributed by atoms with van der Waals surface area (Å²) in [6.45, 7) is 4.33. The van der Waals surface area contributed by atoms with E-state index in [-0.39, 0.29) is 5.91 Å². The summed E-state index contributed by atoms with van der Waals surface area (Å²) in [6.07, 6.45) is 1.57. The molecule has 1 amide bonds. The topological polar surface area (TPSA) is 53.9 Å². The van der Waals surface area contributed by atoms with Crippen LogP contribution in [0.3, 0.4) is 0 Å². The molecule has 0 aromatic heterocycles. The Labute approximate surface area is 152 Å². The summed E-state index contributed by atoms with van der Waals surface area (Å²) in [5, 5.41) is 4.60. The van der Waals surface area contributed by atoms with Gasteiger partial charge in [-0.3, -0.25) is 9.69 Å². The number of carbonyl (C=O) groups excluding carboxylic acids is 1. The fourth-order valence-corrected chi connectivity index (χ4v) is 2.79. The number of nitrogens with one attached hydrogen (secondary N) is 1. The highest BCUT2D eigenvalue weighted by atomic mass is 35.5. The van der Waals surface area contributed by atoms with Crippen LogP contribution in [0, 0.1) is 0 Å². The van der Waals surface area contributed by atoms with Crippen LogP contribution in [0.2, 0.25) is 5.02 Å². The molecule has 2 aromatic rings. The average molecular weight is 358 g/mol. The second kappa shape index (κ2) is 8.76. The van der Waals surface area contributed by atoms with Gasteiger partial charge in [-0.05, 0) is 35.4 Å². The molecule has 0 saturated carbocycles. The van der Waals surface area contributed by atoms with Crippen molar-refractivity contribution in [2.45, 2.75) is 6.54 Å². The number of rotatable bonds is 5. The molecule has 2 aromatic carbocycles. The Morgan fingerprint density at radius 1 is 1.20 bits per heavy atom. The molecule has 1 saturated heterocycles. The summed E-state index contributed by atoms with van der Waals surface area (Å²) >= 11 is 5.91. The number of hydrogen-bond acceptors (Lipinski definition) is 4. The maximum Gasteiger partial charge on any atom is 0.271 e. The SMILES string of the molecule is O=C(NN=Cc1cccc(Cl)c1)c1ccc(CN2CCOCC2)cc1. The van der Waals surface area contributed by atoms with Crippen molar-refractivity contribution in [2.75, 3.05) is 26.3 Å². The molecule has 1 heterocycles. The van der Waals surface area contributed by atoms with Crippen LogP contribution in [0.4, 0.5) is 0 Å². The van der Waals surface area contributed by atoms with Gasteiger partial charge in [0.05, 0.1) is 19.4 Å². The molecule has 1 N–H and O–H groups in total. The van der Waals surface area contributed by atoms with Crippen LogP contribution in [-0.2, 0) is 11.3 Å². The summed E-state index contributed by atoms with van der Waals surface area (Å²) in [4.78, 5) is 14.5. The highest BCUT2D eigenvalue weighted by molar-refractivity contribution is 6.30. The van der Waals surface area contributed by atoms with Gasteiger partial charge in [-0.15, -0.1) is 0 Å². The molecular formula is C19H20ClN3O2. The first-order valence-corrected chi connectivity index (χ1v) is 8.56. The number of amides is 1. The summed E-state index contributed by atoms with van der Waals surface area (Å²) in [6, 6.07) is 14.9. The maximum absolute atomic E-state index is 12.1. The third-order valence-corrected chi connectivity index (χ3v) is 4.19. The number of hydrazone groups is 1. The van der Waals surface area contributed by atoms with Gasteiger partial charge in [0.15, 0.2) is 0 Å². The lowest BCUT2D eigenvalue weighted by atomic mass is 10.1. The smallest absolute Gasteiger partial charge is 0.271 e. The fraction of sp³-hybridized carbons (Fsp3) is 0.263. The second-order valence-electron chi connectivity index (χ2n) is 5.84. The van der Waals surface area contributed by atoms with Crippen molar-refractivity contribution < 1.29 is 9.53 Å². The Kier molecular flexibility index (Phi) is 6.17. The number of nitrogens with zero attached hydrogens (tertiary/aromatic N) is 2. The third kappa shape index (κ3) is 5.39. The molecule has 1 fully saturated rings. The number of ether oxygens (including phenoxy) is 1. The van der Waals surface area contributed by atoms with E-state index in [1.165, 1.54) is 5.56 Å². The molecule has 0 aliphatic carbocycles. The van der Waals surface area contributed by atoms with Crippen molar-refractivity contribution >= 4 is 23.7 Å². The Bertz CT molecular complexity index is 741. The quantitative estimate of drug-likeness (QED) is 0.661. The van der Waals surface area contributed by atoms with E-state index in [1.54, 1.807) is 18.3 Å². The minimum atomic E-state index is -0.240. The van der Waals surface area contributed by atoms with Crippen molar-refractivity contribution in [3.05, 3.63) is 70.2 Å². The zero-order valence-electron chi connectivity index (χ0n) is 13.8. The number of morpholine rings is 1. The van der Waals surface area contributed by atoms with Gasteiger partial charge in [-0.1, -0.05) is 35.9 Å². The zero-order chi connectivity index (χ0) is 17.5. The average Bonchev–Trinajstić information content (AvgIpc) is 2.63. The molecule has 6 heteroatoms. The number of hydrogen-bond donors (Lipinski definition) is 1. The first-order chi connectivity index (χ1) is 12.2. The van der Waals surface area contributed by atoms with Gasteiger partial charge in [-0.2, -0.15) is 5.10 Å². The van der Waals surface area contributed by atoms with Crippen molar-refractivity contribution in [3.63, 3.8) is 0 Å². The highest BCUT2D eigenvalue weighted by Gasteiger charge is 2.11. The van der Waals surface area contributed by atoms with Crippen molar-refractivity contribution in [1.29, 1.82) is 0 Å². The minimum Gasteiger partial charge on any atom is -0.379 e. The maximum atomic E-state index is 12.1. The zero-order valence-corrected chi connectivity index (χ0v) is 14.6. The number of halogens is 1. The van der Waals surface area contributed by atoms with Crippen LogP contribution in [0.15, 0.2) is 53.6 Å². The van der Waals surface area contributed by atoms with Gasteiger partial charge < -0.3 is 4.74 Å². The highest BCUT2D eigenvalue weighted by Crippen LogP contribution is 2.10. The standard InChI is InChI=1S/C19H20ClN3O2/c20-18-3-1-2-16(12-18)13-21-22-19(24)17-6-4-15(5-7-17)14-23-8-10-25-11-9-23/h1-7,12-13H,8-11,14H2,(H,22,24). The molecule has 25 heavy (non-hydrogen) atoms. The van der Waals surface area contributed by atoms with Crippen LogP contribution in [0.5, 0.6) is 0 Å². The molecule has 1 aliphatic rings. The fourth-order valence-electron chi connectivity index (χ4n) is 2.60. The molecule has 130 valence electrons. The Morgan fingerprint density at radius 3 is 2.68 bits per heavy atom. The lowest BCUT2D eigenvalue weighted by Crippen LogP contribution is -2.35. The molecule has 5 nitrogen and oxygen atoms in total. The lowest BCUT2D eigenvalue weighted by molar-refractivity contribution is 0.0342. The van der Waals surface area contributed by atoms with Crippen LogP contribution >= 0.6 is 11.6 Å². The lowest BCUT2D eigenvalue weighted by Gasteiger charge is -2.26. The van der Waals surface area contributed by atoms with E-state index in [9.17, 15) is 4.79 Å². The van der Waals surface area contributed by atoms with E-state index in [0.717, 1.165) is 38.4 Å². The van der Waals surface area contributed by atoms with Gasteiger partial charge in [0.25, 0.3) is 5.91 Å². The number of benzene rings is 2. The van der Waals surface area contributed by atoms with E-state index < -0.39 is 0 Å². The Hall–Kier alpha value is -2.21.